The molecule has 5 heteroatoms. The van der Waals surface area contributed by atoms with E-state index in [1.54, 1.807) is 0 Å². The molecule has 1 aromatic rings. The van der Waals surface area contributed by atoms with Crippen molar-refractivity contribution in [3.8, 4) is 0 Å². The Morgan fingerprint density at radius 2 is 2.36 bits per heavy atom. The molecule has 0 aromatic carbocycles. The lowest BCUT2D eigenvalue weighted by Gasteiger charge is -2.01. The number of aromatic nitrogens is 2. The van der Waals surface area contributed by atoms with Crippen molar-refractivity contribution in [1.29, 1.82) is 0 Å². The van der Waals surface area contributed by atoms with Crippen LogP contribution in [-0.2, 0) is 22.4 Å². The molecule has 1 rings (SSSR count). The van der Waals surface area contributed by atoms with Gasteiger partial charge in [0.25, 0.3) is 5.56 Å². The molecule has 14 heavy (non-hydrogen) atoms. The highest BCUT2D eigenvalue weighted by Gasteiger charge is 2.05. The Labute approximate surface area is 81.1 Å². The van der Waals surface area contributed by atoms with Crippen molar-refractivity contribution >= 4 is 5.97 Å². The number of aryl methyl sites for hydroxylation is 1. The molecule has 0 amide bonds. The molecule has 1 heterocycles. The van der Waals surface area contributed by atoms with Gasteiger partial charge in [-0.1, -0.05) is 6.92 Å². The maximum Gasteiger partial charge on any atom is 0.311 e. The summed E-state index contributed by atoms with van der Waals surface area (Å²) in [7, 11) is 1.31. The van der Waals surface area contributed by atoms with Crippen LogP contribution in [0.5, 0.6) is 0 Å². The minimum atomic E-state index is -0.381. The number of esters is 1. The third kappa shape index (κ3) is 2.69. The molecule has 0 fully saturated rings. The predicted molar refractivity (Wildman–Crippen MR) is 50.0 cm³/mol. The standard InChI is InChI=1S/C9H12N2O3/c1-3-7-10-6(4-8(12)11-7)5-9(13)14-2/h4H,3,5H2,1-2H3,(H,10,11,12). The maximum absolute atomic E-state index is 11.1. The van der Waals surface area contributed by atoms with Gasteiger partial charge in [0.2, 0.25) is 0 Å². The van der Waals surface area contributed by atoms with Crippen molar-refractivity contribution in [3.05, 3.63) is 27.9 Å². The number of nitrogens with zero attached hydrogens (tertiary/aromatic N) is 1. The van der Waals surface area contributed by atoms with Gasteiger partial charge < -0.3 is 9.72 Å². The van der Waals surface area contributed by atoms with Gasteiger partial charge in [0, 0.05) is 18.2 Å². The molecule has 5 nitrogen and oxygen atoms in total. The topological polar surface area (TPSA) is 72.1 Å². The summed E-state index contributed by atoms with van der Waals surface area (Å²) in [5.41, 5.74) is 0.202. The highest BCUT2D eigenvalue weighted by molar-refractivity contribution is 5.71. The number of carbonyl (C=O) groups excluding carboxylic acids is 1. The lowest BCUT2D eigenvalue weighted by atomic mass is 10.3. The molecule has 0 bridgehead atoms. The molecule has 1 aromatic heterocycles. The number of ether oxygens (including phenoxy) is 1. The molecule has 0 saturated carbocycles. The van der Waals surface area contributed by atoms with Crippen LogP contribution in [0, 0.1) is 0 Å². The Morgan fingerprint density at radius 3 is 2.93 bits per heavy atom. The number of carbonyl (C=O) groups is 1. The van der Waals surface area contributed by atoms with E-state index in [-0.39, 0.29) is 17.9 Å². The molecule has 0 radical (unpaired) electrons. The van der Waals surface area contributed by atoms with Crippen molar-refractivity contribution < 1.29 is 9.53 Å². The zero-order chi connectivity index (χ0) is 10.6. The molecule has 76 valence electrons. The van der Waals surface area contributed by atoms with Crippen molar-refractivity contribution in [3.63, 3.8) is 0 Å². The normalized spacial score (nSPS) is 9.86. The lowest BCUT2D eigenvalue weighted by molar-refractivity contribution is -0.139. The average molecular weight is 196 g/mol. The van der Waals surface area contributed by atoms with Crippen LogP contribution in [0.4, 0.5) is 0 Å². The first-order chi connectivity index (χ1) is 6.65. The van der Waals surface area contributed by atoms with Crippen LogP contribution in [0.2, 0.25) is 0 Å². The third-order valence-electron chi connectivity index (χ3n) is 1.75. The minimum absolute atomic E-state index is 0.0707. The number of rotatable bonds is 3. The van der Waals surface area contributed by atoms with Crippen molar-refractivity contribution in [2.75, 3.05) is 7.11 Å². The summed E-state index contributed by atoms with van der Waals surface area (Å²) in [6, 6.07) is 1.30. The van der Waals surface area contributed by atoms with Gasteiger partial charge in [0.1, 0.15) is 5.82 Å². The van der Waals surface area contributed by atoms with Crippen LogP contribution in [0.1, 0.15) is 18.4 Å². The Kier molecular flexibility index (Phi) is 3.39. The average Bonchev–Trinajstić information content (AvgIpc) is 2.16. The highest BCUT2D eigenvalue weighted by Crippen LogP contribution is 1.95. The van der Waals surface area contributed by atoms with Gasteiger partial charge in [-0.05, 0) is 0 Å². The second-order valence-corrected chi connectivity index (χ2v) is 2.80. The minimum Gasteiger partial charge on any atom is -0.469 e. The van der Waals surface area contributed by atoms with E-state index in [0.29, 0.717) is 17.9 Å². The molecular weight excluding hydrogens is 184 g/mol. The molecule has 0 spiro atoms. The van der Waals surface area contributed by atoms with Crippen molar-refractivity contribution in [2.45, 2.75) is 19.8 Å². The van der Waals surface area contributed by atoms with Crippen LogP contribution < -0.4 is 5.56 Å². The van der Waals surface area contributed by atoms with Crippen LogP contribution in [0.15, 0.2) is 10.9 Å². The summed E-state index contributed by atoms with van der Waals surface area (Å²) in [5.74, 6) is 0.199. The van der Waals surface area contributed by atoms with E-state index in [0.717, 1.165) is 0 Å². The second kappa shape index (κ2) is 4.55. The number of hydrogen-bond donors (Lipinski definition) is 1. The van der Waals surface area contributed by atoms with E-state index in [9.17, 15) is 9.59 Å². The zero-order valence-corrected chi connectivity index (χ0v) is 8.16. The van der Waals surface area contributed by atoms with E-state index >= 15 is 0 Å². The zero-order valence-electron chi connectivity index (χ0n) is 8.16. The molecule has 0 atom stereocenters. The first-order valence-corrected chi connectivity index (χ1v) is 4.31. The first kappa shape index (κ1) is 10.4. The van der Waals surface area contributed by atoms with Crippen LogP contribution in [-0.4, -0.2) is 23.0 Å². The van der Waals surface area contributed by atoms with Gasteiger partial charge in [-0.25, -0.2) is 0 Å². The van der Waals surface area contributed by atoms with Gasteiger partial charge in [-0.2, -0.15) is 4.98 Å². The predicted octanol–water partition coefficient (Wildman–Crippen LogP) is 0.0478. The van der Waals surface area contributed by atoms with Gasteiger partial charge in [0.15, 0.2) is 0 Å². The van der Waals surface area contributed by atoms with Crippen LogP contribution >= 0.6 is 0 Å². The molecule has 0 aliphatic heterocycles. The fourth-order valence-corrected chi connectivity index (χ4v) is 1.05. The SMILES string of the molecule is CCc1nc(=O)cc(CC(=O)OC)[nH]1. The Morgan fingerprint density at radius 1 is 1.64 bits per heavy atom. The Bertz CT molecular complexity index is 384. The molecule has 0 saturated heterocycles. The Hall–Kier alpha value is -1.65. The molecule has 0 aliphatic carbocycles. The molecule has 0 aliphatic rings. The summed E-state index contributed by atoms with van der Waals surface area (Å²) in [6.45, 7) is 1.88. The van der Waals surface area contributed by atoms with Crippen LogP contribution in [0.25, 0.3) is 0 Å². The fourth-order valence-electron chi connectivity index (χ4n) is 1.05. The smallest absolute Gasteiger partial charge is 0.311 e. The largest absolute Gasteiger partial charge is 0.469 e. The molecule has 1 N–H and O–H groups in total. The Balaban J connectivity index is 2.92. The monoisotopic (exact) mass is 196 g/mol. The van der Waals surface area contributed by atoms with Gasteiger partial charge in [0.05, 0.1) is 13.5 Å². The maximum atomic E-state index is 11.1. The van der Waals surface area contributed by atoms with Crippen molar-refractivity contribution in [2.24, 2.45) is 0 Å². The van der Waals surface area contributed by atoms with E-state index < -0.39 is 0 Å². The first-order valence-electron chi connectivity index (χ1n) is 4.31. The summed E-state index contributed by atoms with van der Waals surface area (Å²) in [5, 5.41) is 0. The summed E-state index contributed by atoms with van der Waals surface area (Å²) < 4.78 is 4.49. The number of nitrogens with one attached hydrogen (secondary N) is 1. The number of methoxy groups -OCH3 is 1. The van der Waals surface area contributed by atoms with Gasteiger partial charge in [-0.15, -0.1) is 0 Å². The summed E-state index contributed by atoms with van der Waals surface area (Å²) in [6.07, 6.45) is 0.700. The fraction of sp³-hybridized carbons (Fsp3) is 0.444. The van der Waals surface area contributed by atoms with E-state index in [1.807, 2.05) is 6.92 Å². The number of hydrogen-bond acceptors (Lipinski definition) is 4. The van der Waals surface area contributed by atoms with E-state index in [4.69, 9.17) is 0 Å². The highest BCUT2D eigenvalue weighted by atomic mass is 16.5. The summed E-state index contributed by atoms with van der Waals surface area (Å²) in [4.78, 5) is 28.6. The molecule has 0 unspecified atom stereocenters. The lowest BCUT2D eigenvalue weighted by Crippen LogP contribution is -2.15. The van der Waals surface area contributed by atoms with Gasteiger partial charge in [-0.3, -0.25) is 9.59 Å². The van der Waals surface area contributed by atoms with Crippen LogP contribution in [0.3, 0.4) is 0 Å². The number of aromatic amines is 1. The van der Waals surface area contributed by atoms with Gasteiger partial charge >= 0.3 is 5.97 Å². The second-order valence-electron chi connectivity index (χ2n) is 2.80. The molecular formula is C9H12N2O3. The van der Waals surface area contributed by atoms with E-state index in [1.165, 1.54) is 13.2 Å². The third-order valence-corrected chi connectivity index (χ3v) is 1.75. The van der Waals surface area contributed by atoms with E-state index in [2.05, 4.69) is 14.7 Å². The summed E-state index contributed by atoms with van der Waals surface area (Å²) >= 11 is 0. The quantitative estimate of drug-likeness (QED) is 0.693. The number of H-pyrrole nitrogens is 1. The van der Waals surface area contributed by atoms with Crippen molar-refractivity contribution in [1.82, 2.24) is 9.97 Å².